The first-order valence-electron chi connectivity index (χ1n) is 11.9. The molecule has 1 unspecified atom stereocenters. The first-order valence-corrected chi connectivity index (χ1v) is 11.9. The Kier molecular flexibility index (Phi) is 6.89. The first kappa shape index (κ1) is 23.9. The summed E-state index contributed by atoms with van der Waals surface area (Å²) >= 11 is 0. The number of nitrogens with zero attached hydrogens (tertiary/aromatic N) is 1. The zero-order valence-electron chi connectivity index (χ0n) is 19.2. The van der Waals surface area contributed by atoms with E-state index in [4.69, 9.17) is 4.74 Å². The van der Waals surface area contributed by atoms with Crippen LogP contribution in [0.2, 0.25) is 0 Å². The van der Waals surface area contributed by atoms with E-state index in [1.165, 1.54) is 6.07 Å². The molecule has 1 saturated carbocycles. The fourth-order valence-electron chi connectivity index (χ4n) is 5.25. The fourth-order valence-corrected chi connectivity index (χ4v) is 5.25. The molecule has 2 fully saturated rings. The molecule has 0 radical (unpaired) electrons. The van der Waals surface area contributed by atoms with Crippen LogP contribution in [0, 0.1) is 11.8 Å². The van der Waals surface area contributed by atoms with Gasteiger partial charge in [-0.1, -0.05) is 25.1 Å². The number of alkyl halides is 3. The number of fused-ring (bicyclic) bond motifs is 1. The highest BCUT2D eigenvalue weighted by molar-refractivity contribution is 5.89. The van der Waals surface area contributed by atoms with Crippen LogP contribution in [0.5, 0.6) is 5.75 Å². The van der Waals surface area contributed by atoms with Crippen LogP contribution in [0.3, 0.4) is 0 Å². The summed E-state index contributed by atoms with van der Waals surface area (Å²) in [6, 6.07) is 8.33. The average Bonchev–Trinajstić information content (AvgIpc) is 2.79. The molecule has 180 valence electrons. The lowest BCUT2D eigenvalue weighted by Gasteiger charge is -2.35. The van der Waals surface area contributed by atoms with Gasteiger partial charge in [0, 0.05) is 6.04 Å². The van der Waals surface area contributed by atoms with Crippen molar-refractivity contribution in [2.75, 3.05) is 13.1 Å². The van der Waals surface area contributed by atoms with Gasteiger partial charge in [-0.05, 0) is 92.9 Å². The molecule has 0 aromatic heterocycles. The number of rotatable bonds is 5. The van der Waals surface area contributed by atoms with Crippen molar-refractivity contribution in [1.82, 2.24) is 4.90 Å². The Hall–Kier alpha value is -2.28. The van der Waals surface area contributed by atoms with Gasteiger partial charge in [-0.2, -0.15) is 13.2 Å². The molecule has 4 nitrogen and oxygen atoms in total. The number of hydrogen-bond donors (Lipinski definition) is 1. The number of likely N-dealkylation sites (tertiary alicyclic amines) is 1. The largest absolute Gasteiger partial charge is 0.490 e. The smallest absolute Gasteiger partial charge is 0.420 e. The zero-order chi connectivity index (χ0) is 23.8. The first-order chi connectivity index (χ1) is 15.6. The maximum Gasteiger partial charge on any atom is 0.420 e. The molecule has 1 aliphatic heterocycles. The van der Waals surface area contributed by atoms with Gasteiger partial charge < -0.3 is 9.84 Å². The van der Waals surface area contributed by atoms with E-state index in [1.54, 1.807) is 18.2 Å². The van der Waals surface area contributed by atoms with E-state index in [9.17, 15) is 23.1 Å². The second-order valence-corrected chi connectivity index (χ2v) is 9.74. The highest BCUT2D eigenvalue weighted by Gasteiger charge is 2.37. The molecule has 7 heteroatoms. The minimum atomic E-state index is -4.51. The van der Waals surface area contributed by atoms with E-state index in [2.05, 4.69) is 11.8 Å². The molecule has 33 heavy (non-hydrogen) atoms. The van der Waals surface area contributed by atoms with Crippen molar-refractivity contribution in [3.63, 3.8) is 0 Å². The minimum Gasteiger partial charge on any atom is -0.490 e. The second kappa shape index (κ2) is 9.53. The number of carboxylic acid groups (broad SMARTS) is 1. The molecule has 2 aliphatic rings. The molecule has 1 N–H and O–H groups in total. The van der Waals surface area contributed by atoms with Crippen LogP contribution in [0.15, 0.2) is 30.3 Å². The van der Waals surface area contributed by atoms with Gasteiger partial charge in [-0.3, -0.25) is 9.69 Å². The van der Waals surface area contributed by atoms with E-state index in [1.807, 2.05) is 13.0 Å². The Morgan fingerprint density at radius 2 is 1.73 bits per heavy atom. The Balaban J connectivity index is 1.59. The molecule has 0 amide bonds. The van der Waals surface area contributed by atoms with Crippen LogP contribution in [0.1, 0.15) is 69.5 Å². The summed E-state index contributed by atoms with van der Waals surface area (Å²) in [5, 5.41) is 9.90. The standard InChI is InChI=1S/C26H32F3NO3/c1-16-3-7-21(8-4-16)33-23-10-6-20-15-19(5-9-22(20)24(23)26(27,28)29)17(2)30-13-11-18(12-14-30)25(31)32/h5-6,9-10,15-18,21H,3-4,7-8,11-14H2,1-2H3,(H,31,32). The Bertz CT molecular complexity index is 990. The van der Waals surface area contributed by atoms with Crippen LogP contribution >= 0.6 is 0 Å². The lowest BCUT2D eigenvalue weighted by molar-refractivity contribution is -0.143. The minimum absolute atomic E-state index is 0.00126. The van der Waals surface area contributed by atoms with Gasteiger partial charge in [0.2, 0.25) is 0 Å². The van der Waals surface area contributed by atoms with Crippen LogP contribution < -0.4 is 4.74 Å². The molecule has 0 spiro atoms. The van der Waals surface area contributed by atoms with Crippen LogP contribution in [-0.4, -0.2) is 35.2 Å². The van der Waals surface area contributed by atoms with E-state index in [-0.39, 0.29) is 29.2 Å². The van der Waals surface area contributed by atoms with Crippen LogP contribution in [-0.2, 0) is 11.0 Å². The SMILES string of the molecule is CC1CCC(Oc2ccc3cc(C(C)N4CCC(C(=O)O)CC4)ccc3c2C(F)(F)F)CC1. The maximum atomic E-state index is 14.1. The number of carboxylic acids is 1. The van der Waals surface area contributed by atoms with E-state index < -0.39 is 17.7 Å². The topological polar surface area (TPSA) is 49.8 Å². The lowest BCUT2D eigenvalue weighted by Crippen LogP contribution is -2.37. The molecular formula is C26H32F3NO3. The summed E-state index contributed by atoms with van der Waals surface area (Å²) in [7, 11) is 0. The summed E-state index contributed by atoms with van der Waals surface area (Å²) in [4.78, 5) is 13.4. The van der Waals surface area contributed by atoms with E-state index in [0.717, 1.165) is 31.2 Å². The summed E-state index contributed by atoms with van der Waals surface area (Å²) in [6.07, 6.45) is 0.0142. The van der Waals surface area contributed by atoms with Crippen molar-refractivity contribution in [2.45, 2.75) is 70.7 Å². The normalized spacial score (nSPS) is 24.0. The number of halogens is 3. The highest BCUT2D eigenvalue weighted by Crippen LogP contribution is 2.43. The number of benzene rings is 2. The van der Waals surface area contributed by atoms with Crippen LogP contribution in [0.25, 0.3) is 10.8 Å². The third-order valence-corrected chi connectivity index (χ3v) is 7.45. The molecule has 0 bridgehead atoms. The van der Waals surface area contributed by atoms with Crippen molar-refractivity contribution in [2.24, 2.45) is 11.8 Å². The summed E-state index contributed by atoms with van der Waals surface area (Å²) in [5.41, 5.74) is 0.236. The molecule has 2 aromatic carbocycles. The van der Waals surface area contributed by atoms with Gasteiger partial charge in [0.25, 0.3) is 0 Å². The van der Waals surface area contributed by atoms with Crippen LogP contribution in [0.4, 0.5) is 13.2 Å². The fraction of sp³-hybridized carbons (Fsp3) is 0.577. The molecular weight excluding hydrogens is 431 g/mol. The van der Waals surface area contributed by atoms with Crippen molar-refractivity contribution in [3.8, 4) is 5.75 Å². The molecule has 2 aromatic rings. The monoisotopic (exact) mass is 463 g/mol. The number of hydrogen-bond acceptors (Lipinski definition) is 3. The molecule has 1 aliphatic carbocycles. The predicted molar refractivity (Wildman–Crippen MR) is 121 cm³/mol. The maximum absolute atomic E-state index is 14.1. The van der Waals surface area contributed by atoms with Gasteiger partial charge in [0.05, 0.1) is 12.0 Å². The lowest BCUT2D eigenvalue weighted by atomic mass is 9.89. The van der Waals surface area contributed by atoms with Crippen molar-refractivity contribution >= 4 is 16.7 Å². The quantitative estimate of drug-likeness (QED) is 0.538. The Morgan fingerprint density at radius 1 is 1.06 bits per heavy atom. The Labute approximate surface area is 192 Å². The Morgan fingerprint density at radius 3 is 2.33 bits per heavy atom. The summed E-state index contributed by atoms with van der Waals surface area (Å²) in [5.74, 6) is -0.552. The van der Waals surface area contributed by atoms with Crippen molar-refractivity contribution in [3.05, 3.63) is 41.5 Å². The predicted octanol–water partition coefficient (Wildman–Crippen LogP) is 6.67. The molecule has 4 rings (SSSR count). The number of carbonyl (C=O) groups is 1. The van der Waals surface area contributed by atoms with Gasteiger partial charge in [0.1, 0.15) is 11.3 Å². The van der Waals surface area contributed by atoms with Gasteiger partial charge in [-0.25, -0.2) is 0 Å². The summed E-state index contributed by atoms with van der Waals surface area (Å²) in [6.45, 7) is 5.52. The average molecular weight is 464 g/mol. The van der Waals surface area contributed by atoms with E-state index in [0.29, 0.717) is 37.2 Å². The van der Waals surface area contributed by atoms with Crippen molar-refractivity contribution in [1.29, 1.82) is 0 Å². The third kappa shape index (κ3) is 5.29. The summed E-state index contributed by atoms with van der Waals surface area (Å²) < 4.78 is 48.2. The van der Waals surface area contributed by atoms with Gasteiger partial charge in [-0.15, -0.1) is 0 Å². The number of piperidine rings is 1. The van der Waals surface area contributed by atoms with E-state index >= 15 is 0 Å². The molecule has 1 saturated heterocycles. The van der Waals surface area contributed by atoms with Gasteiger partial charge in [0.15, 0.2) is 0 Å². The number of ether oxygens (including phenoxy) is 1. The molecule has 1 heterocycles. The second-order valence-electron chi connectivity index (χ2n) is 9.74. The highest BCUT2D eigenvalue weighted by atomic mass is 19.4. The zero-order valence-corrected chi connectivity index (χ0v) is 19.2. The number of aliphatic carboxylic acids is 1. The van der Waals surface area contributed by atoms with Crippen molar-refractivity contribution < 1.29 is 27.8 Å². The third-order valence-electron chi connectivity index (χ3n) is 7.45. The molecule has 1 atom stereocenters. The van der Waals surface area contributed by atoms with Gasteiger partial charge >= 0.3 is 12.1 Å².